The minimum absolute atomic E-state index is 0.0308. The summed E-state index contributed by atoms with van der Waals surface area (Å²) in [5.41, 5.74) is 1.97. The van der Waals surface area contributed by atoms with Gasteiger partial charge < -0.3 is 24.2 Å². The third kappa shape index (κ3) is 5.03. The largest absolute Gasteiger partial charge is 0.507 e. The fourth-order valence-corrected chi connectivity index (χ4v) is 4.62. The van der Waals surface area contributed by atoms with E-state index in [1.165, 1.54) is 4.90 Å². The van der Waals surface area contributed by atoms with E-state index in [1.807, 2.05) is 54.6 Å². The average Bonchev–Trinajstić information content (AvgIpc) is 3.18. The van der Waals surface area contributed by atoms with Crippen LogP contribution < -0.4 is 14.2 Å². The van der Waals surface area contributed by atoms with Gasteiger partial charge in [0.1, 0.15) is 24.7 Å². The molecule has 37 heavy (non-hydrogen) atoms. The van der Waals surface area contributed by atoms with Gasteiger partial charge in [0.05, 0.1) is 18.2 Å². The highest BCUT2D eigenvalue weighted by atomic mass is 16.6. The first-order valence-electron chi connectivity index (χ1n) is 12.5. The number of hydrogen-bond donors (Lipinski definition) is 1. The summed E-state index contributed by atoms with van der Waals surface area (Å²) in [7, 11) is 0. The summed E-state index contributed by atoms with van der Waals surface area (Å²) in [6, 6.07) is 21.0. The molecule has 2 aliphatic heterocycles. The van der Waals surface area contributed by atoms with Crippen LogP contribution in [0.3, 0.4) is 0 Å². The van der Waals surface area contributed by atoms with Crippen LogP contribution in [0.15, 0.2) is 78.4 Å². The molecule has 190 valence electrons. The van der Waals surface area contributed by atoms with Crippen LogP contribution in [0, 0.1) is 0 Å². The number of Topliss-reactive ketones (excluding diaryl/α,β-unsaturated/α-hetero) is 1. The van der Waals surface area contributed by atoms with E-state index in [0.29, 0.717) is 48.2 Å². The Balaban J connectivity index is 1.59. The molecule has 0 spiro atoms. The molecule has 0 bridgehead atoms. The highest BCUT2D eigenvalue weighted by Gasteiger charge is 2.46. The Morgan fingerprint density at radius 2 is 1.76 bits per heavy atom. The predicted molar refractivity (Wildman–Crippen MR) is 139 cm³/mol. The number of benzene rings is 3. The van der Waals surface area contributed by atoms with E-state index in [0.717, 1.165) is 18.4 Å². The van der Waals surface area contributed by atoms with Crippen molar-refractivity contribution in [2.24, 2.45) is 0 Å². The van der Waals surface area contributed by atoms with Gasteiger partial charge in [-0.05, 0) is 47.9 Å². The third-order valence-electron chi connectivity index (χ3n) is 6.49. The van der Waals surface area contributed by atoms with Crippen molar-refractivity contribution in [2.75, 3.05) is 19.8 Å². The topological polar surface area (TPSA) is 85.3 Å². The zero-order valence-corrected chi connectivity index (χ0v) is 20.7. The third-order valence-corrected chi connectivity index (χ3v) is 6.49. The van der Waals surface area contributed by atoms with Crippen LogP contribution in [0.25, 0.3) is 5.76 Å². The maximum Gasteiger partial charge on any atom is 0.295 e. The van der Waals surface area contributed by atoms with Gasteiger partial charge >= 0.3 is 0 Å². The van der Waals surface area contributed by atoms with Gasteiger partial charge in [0.15, 0.2) is 11.5 Å². The Labute approximate surface area is 215 Å². The van der Waals surface area contributed by atoms with Gasteiger partial charge in [0.2, 0.25) is 0 Å². The Morgan fingerprint density at radius 3 is 2.54 bits per heavy atom. The molecule has 2 aliphatic rings. The minimum atomic E-state index is -0.789. The second-order valence-electron chi connectivity index (χ2n) is 9.05. The number of fused-ring (bicyclic) bond motifs is 1. The van der Waals surface area contributed by atoms with Crippen LogP contribution in [0.2, 0.25) is 0 Å². The number of ether oxygens (including phenoxy) is 3. The second kappa shape index (κ2) is 10.8. The molecule has 5 rings (SSSR count). The lowest BCUT2D eigenvalue weighted by Gasteiger charge is -2.26. The number of carbonyl (C=O) groups is 2. The Kier molecular flexibility index (Phi) is 7.12. The minimum Gasteiger partial charge on any atom is -0.507 e. The van der Waals surface area contributed by atoms with E-state index < -0.39 is 17.7 Å². The maximum absolute atomic E-state index is 13.4. The first-order valence-corrected chi connectivity index (χ1v) is 12.5. The van der Waals surface area contributed by atoms with Crippen molar-refractivity contribution in [1.82, 2.24) is 4.90 Å². The van der Waals surface area contributed by atoms with Gasteiger partial charge in [-0.15, -0.1) is 0 Å². The van der Waals surface area contributed by atoms with Gasteiger partial charge in [-0.2, -0.15) is 0 Å². The van der Waals surface area contributed by atoms with Crippen LogP contribution in [0.4, 0.5) is 0 Å². The number of amides is 1. The quantitative estimate of drug-likeness (QED) is 0.197. The van der Waals surface area contributed by atoms with Crippen molar-refractivity contribution in [3.8, 4) is 17.2 Å². The lowest BCUT2D eigenvalue weighted by Crippen LogP contribution is -2.29. The molecule has 1 unspecified atom stereocenters. The lowest BCUT2D eigenvalue weighted by atomic mass is 9.94. The molecule has 0 saturated carbocycles. The molecule has 1 amide bonds. The molecular formula is C30H29NO6. The number of aliphatic hydroxyl groups is 1. The number of unbranched alkanes of at least 4 members (excludes halogenated alkanes) is 1. The summed E-state index contributed by atoms with van der Waals surface area (Å²) in [5.74, 6) is 0.0529. The lowest BCUT2D eigenvalue weighted by molar-refractivity contribution is -0.140. The Morgan fingerprint density at radius 1 is 0.973 bits per heavy atom. The SMILES string of the molecule is CCCCOc1cccc(C2C(=C(O)c3ccc4c(c3)OCCO4)C(=O)C(=O)N2Cc2ccccc2)c1. The van der Waals surface area contributed by atoms with Crippen LogP contribution in [0.1, 0.15) is 42.5 Å². The van der Waals surface area contributed by atoms with Gasteiger partial charge in [-0.3, -0.25) is 9.59 Å². The number of rotatable bonds is 8. The summed E-state index contributed by atoms with van der Waals surface area (Å²) in [5, 5.41) is 11.4. The predicted octanol–water partition coefficient (Wildman–Crippen LogP) is 5.26. The summed E-state index contributed by atoms with van der Waals surface area (Å²) < 4.78 is 17.1. The van der Waals surface area contributed by atoms with Gasteiger partial charge in [-0.25, -0.2) is 0 Å². The molecule has 7 heteroatoms. The van der Waals surface area contributed by atoms with E-state index in [1.54, 1.807) is 18.2 Å². The van der Waals surface area contributed by atoms with E-state index in [-0.39, 0.29) is 17.9 Å². The monoisotopic (exact) mass is 499 g/mol. The zero-order chi connectivity index (χ0) is 25.8. The van der Waals surface area contributed by atoms with Crippen molar-refractivity contribution in [1.29, 1.82) is 0 Å². The normalized spacial score (nSPS) is 18.2. The number of likely N-dealkylation sites (tertiary alicyclic amines) is 1. The molecule has 1 saturated heterocycles. The van der Waals surface area contributed by atoms with Crippen molar-refractivity contribution in [3.63, 3.8) is 0 Å². The van der Waals surface area contributed by atoms with Crippen molar-refractivity contribution in [3.05, 3.63) is 95.1 Å². The number of nitrogens with zero attached hydrogens (tertiary/aromatic N) is 1. The van der Waals surface area contributed by atoms with Crippen LogP contribution in [0.5, 0.6) is 17.2 Å². The molecule has 3 aromatic rings. The molecule has 0 aromatic heterocycles. The Hall–Kier alpha value is -4.26. The van der Waals surface area contributed by atoms with Crippen molar-refractivity contribution in [2.45, 2.75) is 32.4 Å². The fraction of sp³-hybridized carbons (Fsp3) is 0.267. The smallest absolute Gasteiger partial charge is 0.295 e. The van der Waals surface area contributed by atoms with Crippen LogP contribution in [-0.4, -0.2) is 41.5 Å². The van der Waals surface area contributed by atoms with Crippen LogP contribution >= 0.6 is 0 Å². The number of carbonyl (C=O) groups excluding carboxylic acids is 2. The highest BCUT2D eigenvalue weighted by molar-refractivity contribution is 6.46. The van der Waals surface area contributed by atoms with Gasteiger partial charge in [0, 0.05) is 12.1 Å². The zero-order valence-electron chi connectivity index (χ0n) is 20.7. The van der Waals surface area contributed by atoms with Gasteiger partial charge in [-0.1, -0.05) is 55.8 Å². The van der Waals surface area contributed by atoms with E-state index in [4.69, 9.17) is 14.2 Å². The van der Waals surface area contributed by atoms with E-state index in [9.17, 15) is 14.7 Å². The molecule has 0 aliphatic carbocycles. The number of hydrogen-bond acceptors (Lipinski definition) is 6. The van der Waals surface area contributed by atoms with Crippen LogP contribution in [-0.2, 0) is 16.1 Å². The molecule has 7 nitrogen and oxygen atoms in total. The average molecular weight is 500 g/mol. The molecule has 1 fully saturated rings. The molecule has 1 N–H and O–H groups in total. The standard InChI is InChI=1S/C30H29NO6/c1-2-3-14-35-23-11-7-10-21(17-23)27-26(28(32)22-12-13-24-25(18-22)37-16-15-36-24)29(33)30(34)31(27)19-20-8-5-4-6-9-20/h4-13,17-18,27,32H,2-3,14-16,19H2,1H3. The summed E-state index contributed by atoms with van der Waals surface area (Å²) in [6.45, 7) is 3.72. The molecule has 3 aromatic carbocycles. The highest BCUT2D eigenvalue weighted by Crippen LogP contribution is 2.42. The molecule has 0 radical (unpaired) electrons. The molecule has 1 atom stereocenters. The molecule has 2 heterocycles. The summed E-state index contributed by atoms with van der Waals surface area (Å²) in [4.78, 5) is 28.2. The van der Waals surface area contributed by atoms with Gasteiger partial charge in [0.25, 0.3) is 11.7 Å². The second-order valence-corrected chi connectivity index (χ2v) is 9.05. The van der Waals surface area contributed by atoms with E-state index >= 15 is 0 Å². The summed E-state index contributed by atoms with van der Waals surface area (Å²) >= 11 is 0. The number of aliphatic hydroxyl groups excluding tert-OH is 1. The summed E-state index contributed by atoms with van der Waals surface area (Å²) in [6.07, 6.45) is 1.92. The maximum atomic E-state index is 13.4. The first kappa shape index (κ1) is 24.4. The number of ketones is 1. The van der Waals surface area contributed by atoms with Crippen molar-refractivity contribution < 1.29 is 28.9 Å². The van der Waals surface area contributed by atoms with E-state index in [2.05, 4.69) is 6.92 Å². The Bertz CT molecular complexity index is 1330. The molecular weight excluding hydrogens is 470 g/mol. The fourth-order valence-electron chi connectivity index (χ4n) is 4.62. The first-order chi connectivity index (χ1) is 18.1. The van der Waals surface area contributed by atoms with Crippen molar-refractivity contribution >= 4 is 17.4 Å².